The Hall–Kier alpha value is -2.87. The van der Waals surface area contributed by atoms with Crippen molar-refractivity contribution in [2.45, 2.75) is 0 Å². The number of nitrogens with one attached hydrogen (secondary N) is 2. The van der Waals surface area contributed by atoms with E-state index in [2.05, 4.69) is 15.3 Å². The van der Waals surface area contributed by atoms with Crippen molar-refractivity contribution in [1.82, 2.24) is 9.97 Å². The highest BCUT2D eigenvalue weighted by Crippen LogP contribution is 2.27. The standard InChI is InChI=1S/C19H11Cl2N3O3S/c20-12-4-1-10(13(21)8-12)3-6-17(25)24-18-22-15(9-28-18)11-2-5-16-14(7-11)23-19(26)27-16/h1-9H,(H,23,26)(H,22,24,25)/b6-3+. The van der Waals surface area contributed by atoms with E-state index in [1.54, 1.807) is 42.5 Å². The summed E-state index contributed by atoms with van der Waals surface area (Å²) in [6.45, 7) is 0. The zero-order valence-electron chi connectivity index (χ0n) is 14.0. The number of carbonyl (C=O) groups is 1. The van der Waals surface area contributed by atoms with Gasteiger partial charge in [0, 0.05) is 27.1 Å². The topological polar surface area (TPSA) is 88.0 Å². The van der Waals surface area contributed by atoms with Crippen LogP contribution >= 0.6 is 34.5 Å². The molecule has 0 aliphatic carbocycles. The molecule has 4 rings (SSSR count). The second kappa shape index (κ2) is 7.63. The normalized spacial score (nSPS) is 11.4. The average molecular weight is 432 g/mol. The van der Waals surface area contributed by atoms with Crippen LogP contribution in [0, 0.1) is 0 Å². The molecule has 2 N–H and O–H groups in total. The van der Waals surface area contributed by atoms with Crippen LogP contribution in [-0.4, -0.2) is 15.9 Å². The van der Waals surface area contributed by atoms with E-state index < -0.39 is 5.76 Å². The van der Waals surface area contributed by atoms with E-state index >= 15 is 0 Å². The van der Waals surface area contributed by atoms with E-state index in [1.807, 2.05) is 5.38 Å². The Balaban J connectivity index is 1.48. The molecule has 0 fully saturated rings. The van der Waals surface area contributed by atoms with Crippen LogP contribution in [0.1, 0.15) is 5.56 Å². The fraction of sp³-hybridized carbons (Fsp3) is 0. The lowest BCUT2D eigenvalue weighted by Crippen LogP contribution is -2.07. The highest BCUT2D eigenvalue weighted by molar-refractivity contribution is 7.14. The molecule has 9 heteroatoms. The minimum Gasteiger partial charge on any atom is -0.408 e. The summed E-state index contributed by atoms with van der Waals surface area (Å²) in [5.74, 6) is -0.840. The first-order valence-corrected chi connectivity index (χ1v) is 9.64. The van der Waals surface area contributed by atoms with Crippen molar-refractivity contribution in [3.05, 3.63) is 74.0 Å². The summed E-state index contributed by atoms with van der Waals surface area (Å²) in [6.07, 6.45) is 2.98. The van der Waals surface area contributed by atoms with Crippen molar-refractivity contribution in [2.75, 3.05) is 5.32 Å². The Labute approximate surface area is 172 Å². The molecule has 140 valence electrons. The number of aromatic amines is 1. The average Bonchev–Trinajstić information content (AvgIpc) is 3.25. The molecule has 0 spiro atoms. The molecule has 0 unspecified atom stereocenters. The largest absolute Gasteiger partial charge is 0.417 e. The second-order valence-electron chi connectivity index (χ2n) is 5.75. The number of anilines is 1. The van der Waals surface area contributed by atoms with Gasteiger partial charge in [0.25, 0.3) is 0 Å². The third-order valence-electron chi connectivity index (χ3n) is 3.83. The van der Waals surface area contributed by atoms with Crippen LogP contribution in [0.15, 0.2) is 57.1 Å². The van der Waals surface area contributed by atoms with Crippen LogP contribution in [0.25, 0.3) is 28.4 Å². The van der Waals surface area contributed by atoms with Gasteiger partial charge in [-0.2, -0.15) is 0 Å². The van der Waals surface area contributed by atoms with Gasteiger partial charge >= 0.3 is 5.76 Å². The van der Waals surface area contributed by atoms with Crippen LogP contribution in [0.3, 0.4) is 0 Å². The van der Waals surface area contributed by atoms with Gasteiger partial charge in [-0.15, -0.1) is 11.3 Å². The van der Waals surface area contributed by atoms with Crippen LogP contribution in [0.4, 0.5) is 5.13 Å². The number of rotatable bonds is 4. The molecule has 0 aliphatic rings. The monoisotopic (exact) mass is 431 g/mol. The Morgan fingerprint density at radius 2 is 2.07 bits per heavy atom. The number of amides is 1. The minimum atomic E-state index is -0.508. The van der Waals surface area contributed by atoms with Gasteiger partial charge < -0.3 is 4.42 Å². The van der Waals surface area contributed by atoms with Crippen LogP contribution in [0.5, 0.6) is 0 Å². The first kappa shape index (κ1) is 18.5. The first-order chi connectivity index (χ1) is 13.5. The van der Waals surface area contributed by atoms with Crippen molar-refractivity contribution < 1.29 is 9.21 Å². The highest BCUT2D eigenvalue weighted by Gasteiger charge is 2.09. The maximum atomic E-state index is 12.1. The zero-order valence-corrected chi connectivity index (χ0v) is 16.4. The van der Waals surface area contributed by atoms with Gasteiger partial charge in [-0.3, -0.25) is 15.1 Å². The molecule has 6 nitrogen and oxygen atoms in total. The van der Waals surface area contributed by atoms with Crippen molar-refractivity contribution in [3.8, 4) is 11.3 Å². The molecular weight excluding hydrogens is 421 g/mol. The molecule has 4 aromatic rings. The number of thiazole rings is 1. The predicted octanol–water partition coefficient (Wildman–Crippen LogP) is 5.20. The van der Waals surface area contributed by atoms with Gasteiger partial charge in [0.15, 0.2) is 10.7 Å². The summed E-state index contributed by atoms with van der Waals surface area (Å²) in [5, 5.41) is 5.96. The maximum absolute atomic E-state index is 12.1. The number of hydrogen-bond donors (Lipinski definition) is 2. The number of fused-ring (bicyclic) bond motifs is 1. The number of nitrogens with zero attached hydrogens (tertiary/aromatic N) is 1. The van der Waals surface area contributed by atoms with Gasteiger partial charge in [-0.25, -0.2) is 9.78 Å². The molecule has 0 bridgehead atoms. The summed E-state index contributed by atoms with van der Waals surface area (Å²) in [5.41, 5.74) is 3.22. The van der Waals surface area contributed by atoms with Crippen LogP contribution < -0.4 is 11.1 Å². The molecule has 28 heavy (non-hydrogen) atoms. The Kier molecular flexibility index (Phi) is 5.04. The summed E-state index contributed by atoms with van der Waals surface area (Å²) < 4.78 is 4.98. The Morgan fingerprint density at radius 3 is 2.89 bits per heavy atom. The fourth-order valence-electron chi connectivity index (χ4n) is 2.52. The quantitative estimate of drug-likeness (QED) is 0.434. The molecule has 2 heterocycles. The lowest BCUT2D eigenvalue weighted by Gasteiger charge is -1.99. The van der Waals surface area contributed by atoms with Crippen LogP contribution in [-0.2, 0) is 4.79 Å². The van der Waals surface area contributed by atoms with E-state index in [9.17, 15) is 9.59 Å². The van der Waals surface area contributed by atoms with Crippen molar-refractivity contribution in [2.24, 2.45) is 0 Å². The molecule has 2 aromatic heterocycles. The smallest absolute Gasteiger partial charge is 0.408 e. The van der Waals surface area contributed by atoms with E-state index in [0.29, 0.717) is 37.5 Å². The SMILES string of the molecule is O=C(/C=C/c1ccc(Cl)cc1Cl)Nc1nc(-c2ccc3oc(=O)[nH]c3c2)cs1. The van der Waals surface area contributed by atoms with E-state index in [4.69, 9.17) is 27.6 Å². The Bertz CT molecular complexity index is 1270. The first-order valence-electron chi connectivity index (χ1n) is 8.01. The molecule has 0 saturated carbocycles. The molecule has 0 saturated heterocycles. The third kappa shape index (κ3) is 4.01. The zero-order chi connectivity index (χ0) is 19.7. The fourth-order valence-corrected chi connectivity index (χ4v) is 3.72. The molecule has 2 aromatic carbocycles. The van der Waals surface area contributed by atoms with Crippen LogP contribution in [0.2, 0.25) is 10.0 Å². The molecule has 0 aliphatic heterocycles. The van der Waals surface area contributed by atoms with Gasteiger partial charge in [0.05, 0.1) is 11.2 Å². The van der Waals surface area contributed by atoms with E-state index in [1.165, 1.54) is 17.4 Å². The summed E-state index contributed by atoms with van der Waals surface area (Å²) >= 11 is 13.2. The molecular formula is C19H11Cl2N3O3S. The highest BCUT2D eigenvalue weighted by atomic mass is 35.5. The molecule has 0 atom stereocenters. The minimum absolute atomic E-state index is 0.332. The lowest BCUT2D eigenvalue weighted by molar-refractivity contribution is -0.111. The predicted molar refractivity (Wildman–Crippen MR) is 112 cm³/mol. The van der Waals surface area contributed by atoms with Crippen molar-refractivity contribution in [3.63, 3.8) is 0 Å². The van der Waals surface area contributed by atoms with Gasteiger partial charge in [0.2, 0.25) is 5.91 Å². The molecule has 0 radical (unpaired) electrons. The number of H-pyrrole nitrogens is 1. The summed E-state index contributed by atoms with van der Waals surface area (Å²) in [6, 6.07) is 10.3. The van der Waals surface area contributed by atoms with Gasteiger partial charge in [-0.1, -0.05) is 29.3 Å². The van der Waals surface area contributed by atoms with Crippen molar-refractivity contribution in [1.29, 1.82) is 0 Å². The number of carbonyl (C=O) groups excluding carboxylic acids is 1. The third-order valence-corrected chi connectivity index (χ3v) is 5.15. The Morgan fingerprint density at radius 1 is 1.21 bits per heavy atom. The number of oxazole rings is 1. The number of benzene rings is 2. The second-order valence-corrected chi connectivity index (χ2v) is 7.45. The number of aromatic nitrogens is 2. The number of hydrogen-bond acceptors (Lipinski definition) is 5. The lowest BCUT2D eigenvalue weighted by atomic mass is 10.1. The summed E-state index contributed by atoms with van der Waals surface area (Å²) in [7, 11) is 0. The van der Waals surface area contributed by atoms with Crippen molar-refractivity contribution >= 4 is 62.8 Å². The maximum Gasteiger partial charge on any atom is 0.417 e. The molecule has 1 amide bonds. The van der Waals surface area contributed by atoms with Gasteiger partial charge in [-0.05, 0) is 42.0 Å². The van der Waals surface area contributed by atoms with E-state index in [-0.39, 0.29) is 5.91 Å². The van der Waals surface area contributed by atoms with E-state index in [0.717, 1.165) is 5.56 Å². The van der Waals surface area contributed by atoms with Gasteiger partial charge in [0.1, 0.15) is 0 Å². The number of halogens is 2. The summed E-state index contributed by atoms with van der Waals surface area (Å²) in [4.78, 5) is 30.4.